The number of hydrogen-bond donors (Lipinski definition) is 0. The molecule has 0 saturated carbocycles. The molecule has 1 aromatic heterocycles. The lowest BCUT2D eigenvalue weighted by atomic mass is 10.00. The summed E-state index contributed by atoms with van der Waals surface area (Å²) in [5.74, 6) is 0.731. The third-order valence-corrected chi connectivity index (χ3v) is 4.34. The fourth-order valence-corrected chi connectivity index (χ4v) is 3.12. The molecule has 21 heavy (non-hydrogen) atoms. The molecule has 2 aliphatic heterocycles. The minimum Gasteiger partial charge on any atom is -0.297 e. The lowest BCUT2D eigenvalue weighted by Crippen LogP contribution is -2.33. The molecule has 3 heterocycles. The zero-order chi connectivity index (χ0) is 15.1. The third kappa shape index (κ3) is 2.44. The number of aromatic nitrogens is 2. The number of hydrogen-bond acceptors (Lipinski definition) is 5. The first-order valence-electron chi connectivity index (χ1n) is 7.32. The van der Waals surface area contributed by atoms with Gasteiger partial charge in [0.2, 0.25) is 11.8 Å². The molecule has 1 aromatic rings. The molecule has 2 aliphatic rings. The maximum absolute atomic E-state index is 12.0. The number of imide groups is 1. The Hall–Kier alpha value is -1.82. The Labute approximate surface area is 124 Å². The molecule has 2 amide bonds. The Morgan fingerprint density at radius 1 is 1.14 bits per heavy atom. The van der Waals surface area contributed by atoms with Crippen molar-refractivity contribution in [3.05, 3.63) is 23.8 Å². The van der Waals surface area contributed by atoms with Crippen LogP contribution in [0.1, 0.15) is 31.2 Å². The molecule has 2 saturated heterocycles. The topological polar surface area (TPSA) is 66.4 Å². The summed E-state index contributed by atoms with van der Waals surface area (Å²) >= 11 is 0. The molecule has 3 rings (SSSR count). The first-order valence-corrected chi connectivity index (χ1v) is 7.32. The van der Waals surface area contributed by atoms with Crippen LogP contribution in [0.25, 0.3) is 0 Å². The van der Waals surface area contributed by atoms with E-state index in [1.54, 1.807) is 7.05 Å². The SMILES string of the molecule is CC(C)c1ncc(CN2C[C@@H]3C(=O)N(C)C(=O)[C@@H]3C2)cn1. The van der Waals surface area contributed by atoms with Gasteiger partial charge in [0.25, 0.3) is 0 Å². The minimum atomic E-state index is -0.168. The Bertz CT molecular complexity index is 546. The molecule has 0 spiro atoms. The normalized spacial score (nSPS) is 26.0. The molecule has 112 valence electrons. The van der Waals surface area contributed by atoms with Gasteiger partial charge >= 0.3 is 0 Å². The highest BCUT2D eigenvalue weighted by Gasteiger charge is 2.50. The van der Waals surface area contributed by atoms with Gasteiger partial charge in [-0.3, -0.25) is 19.4 Å². The van der Waals surface area contributed by atoms with Gasteiger partial charge in [0.1, 0.15) is 5.82 Å². The van der Waals surface area contributed by atoms with Crippen LogP contribution in [0.2, 0.25) is 0 Å². The van der Waals surface area contributed by atoms with Crippen molar-refractivity contribution in [3.63, 3.8) is 0 Å². The van der Waals surface area contributed by atoms with E-state index in [0.717, 1.165) is 11.4 Å². The van der Waals surface area contributed by atoms with Crippen LogP contribution in [0, 0.1) is 11.8 Å². The van der Waals surface area contributed by atoms with E-state index in [4.69, 9.17) is 0 Å². The molecule has 0 aliphatic carbocycles. The van der Waals surface area contributed by atoms with Crippen LogP contribution in [0.3, 0.4) is 0 Å². The predicted molar refractivity (Wildman–Crippen MR) is 76.2 cm³/mol. The van der Waals surface area contributed by atoms with E-state index >= 15 is 0 Å². The van der Waals surface area contributed by atoms with Crippen LogP contribution in [-0.2, 0) is 16.1 Å². The number of nitrogens with zero attached hydrogens (tertiary/aromatic N) is 4. The first kappa shape index (κ1) is 14.1. The van der Waals surface area contributed by atoms with Crippen LogP contribution < -0.4 is 0 Å². The zero-order valence-electron chi connectivity index (χ0n) is 12.6. The Morgan fingerprint density at radius 2 is 1.67 bits per heavy atom. The van der Waals surface area contributed by atoms with E-state index in [1.165, 1.54) is 4.90 Å². The number of carbonyl (C=O) groups excluding carboxylic acids is 2. The van der Waals surface area contributed by atoms with Gasteiger partial charge in [0.05, 0.1) is 11.8 Å². The molecular formula is C15H20N4O2. The van der Waals surface area contributed by atoms with Gasteiger partial charge in [-0.05, 0) is 0 Å². The van der Waals surface area contributed by atoms with E-state index in [-0.39, 0.29) is 23.7 Å². The largest absolute Gasteiger partial charge is 0.297 e. The Kier molecular flexibility index (Phi) is 3.49. The van der Waals surface area contributed by atoms with Crippen LogP contribution in [-0.4, -0.2) is 51.7 Å². The van der Waals surface area contributed by atoms with Crippen molar-refractivity contribution in [2.45, 2.75) is 26.3 Å². The van der Waals surface area contributed by atoms with Gasteiger partial charge in [0.15, 0.2) is 0 Å². The fourth-order valence-electron chi connectivity index (χ4n) is 3.12. The lowest BCUT2D eigenvalue weighted by Gasteiger charge is -2.18. The molecule has 0 aromatic carbocycles. The van der Waals surface area contributed by atoms with Gasteiger partial charge < -0.3 is 0 Å². The summed E-state index contributed by atoms with van der Waals surface area (Å²) in [6, 6.07) is 0. The summed E-state index contributed by atoms with van der Waals surface area (Å²) in [4.78, 5) is 36.1. The van der Waals surface area contributed by atoms with Crippen LogP contribution in [0.15, 0.2) is 12.4 Å². The summed E-state index contributed by atoms with van der Waals surface area (Å²) in [6.07, 6.45) is 3.68. The Balaban J connectivity index is 1.66. The Morgan fingerprint density at radius 3 is 2.14 bits per heavy atom. The molecule has 6 heteroatoms. The van der Waals surface area contributed by atoms with E-state index in [9.17, 15) is 9.59 Å². The highest BCUT2D eigenvalue weighted by Crippen LogP contribution is 2.33. The van der Waals surface area contributed by atoms with Crippen LogP contribution >= 0.6 is 0 Å². The molecule has 6 nitrogen and oxygen atoms in total. The molecular weight excluding hydrogens is 268 g/mol. The second kappa shape index (κ2) is 5.18. The molecule has 2 atom stereocenters. The number of carbonyl (C=O) groups is 2. The van der Waals surface area contributed by atoms with Crippen molar-refractivity contribution in [1.82, 2.24) is 19.8 Å². The third-order valence-electron chi connectivity index (χ3n) is 4.34. The summed E-state index contributed by atoms with van der Waals surface area (Å²) in [6.45, 7) is 6.10. The summed E-state index contributed by atoms with van der Waals surface area (Å²) in [5.41, 5.74) is 1.02. The average molecular weight is 288 g/mol. The average Bonchev–Trinajstić information content (AvgIpc) is 2.96. The second-order valence-electron chi connectivity index (χ2n) is 6.25. The van der Waals surface area contributed by atoms with Gasteiger partial charge in [0, 0.05) is 50.6 Å². The standard InChI is InChI=1S/C15H20N4O2/c1-9(2)13-16-4-10(5-17-13)6-19-7-11-12(8-19)15(21)18(3)14(11)20/h4-5,9,11-12H,6-8H2,1-3H3/t11-,12+. The minimum absolute atomic E-state index is 0.0427. The van der Waals surface area contributed by atoms with Crippen molar-refractivity contribution in [3.8, 4) is 0 Å². The highest BCUT2D eigenvalue weighted by molar-refractivity contribution is 6.05. The van der Waals surface area contributed by atoms with Crippen molar-refractivity contribution >= 4 is 11.8 Å². The molecule has 0 radical (unpaired) electrons. The monoisotopic (exact) mass is 288 g/mol. The quantitative estimate of drug-likeness (QED) is 0.764. The van der Waals surface area contributed by atoms with Crippen molar-refractivity contribution in [1.29, 1.82) is 0 Å². The summed E-state index contributed by atoms with van der Waals surface area (Å²) in [5, 5.41) is 0. The van der Waals surface area contributed by atoms with E-state index < -0.39 is 0 Å². The predicted octanol–water partition coefficient (Wildman–Crippen LogP) is 0.647. The maximum atomic E-state index is 12.0. The number of rotatable bonds is 3. The number of amides is 2. The van der Waals surface area contributed by atoms with E-state index in [1.807, 2.05) is 12.4 Å². The van der Waals surface area contributed by atoms with Gasteiger partial charge in [-0.15, -0.1) is 0 Å². The van der Waals surface area contributed by atoms with Crippen LogP contribution in [0.5, 0.6) is 0 Å². The number of likely N-dealkylation sites (tertiary alicyclic amines) is 2. The fraction of sp³-hybridized carbons (Fsp3) is 0.600. The highest BCUT2D eigenvalue weighted by atomic mass is 16.2. The van der Waals surface area contributed by atoms with Crippen molar-refractivity contribution in [2.24, 2.45) is 11.8 Å². The molecule has 0 bridgehead atoms. The molecule has 0 unspecified atom stereocenters. The van der Waals surface area contributed by atoms with Crippen molar-refractivity contribution < 1.29 is 9.59 Å². The zero-order valence-corrected chi connectivity index (χ0v) is 12.6. The molecule has 0 N–H and O–H groups in total. The maximum Gasteiger partial charge on any atom is 0.234 e. The van der Waals surface area contributed by atoms with Gasteiger partial charge in [-0.25, -0.2) is 9.97 Å². The van der Waals surface area contributed by atoms with E-state index in [0.29, 0.717) is 25.6 Å². The smallest absolute Gasteiger partial charge is 0.234 e. The van der Waals surface area contributed by atoms with Gasteiger partial charge in [-0.2, -0.15) is 0 Å². The van der Waals surface area contributed by atoms with Crippen LogP contribution in [0.4, 0.5) is 0 Å². The number of fused-ring (bicyclic) bond motifs is 1. The lowest BCUT2D eigenvalue weighted by molar-refractivity contribution is -0.138. The second-order valence-corrected chi connectivity index (χ2v) is 6.25. The first-order chi connectivity index (χ1) is 9.97. The molecule has 2 fully saturated rings. The summed E-state index contributed by atoms with van der Waals surface area (Å²) in [7, 11) is 1.58. The van der Waals surface area contributed by atoms with Crippen molar-refractivity contribution in [2.75, 3.05) is 20.1 Å². The summed E-state index contributed by atoms with van der Waals surface area (Å²) < 4.78 is 0. The van der Waals surface area contributed by atoms with Gasteiger partial charge in [-0.1, -0.05) is 13.8 Å². The van der Waals surface area contributed by atoms with E-state index in [2.05, 4.69) is 28.7 Å².